The zero-order chi connectivity index (χ0) is 12.3. The molecule has 2 aromatic rings. The summed E-state index contributed by atoms with van der Waals surface area (Å²) in [5.41, 5.74) is 0.247. The molecule has 0 spiro atoms. The third-order valence-corrected chi connectivity index (χ3v) is 2.29. The van der Waals surface area contributed by atoms with E-state index in [4.69, 9.17) is 9.26 Å². The largest absolute Gasteiger partial charge is 0.485 e. The van der Waals surface area contributed by atoms with Crippen molar-refractivity contribution in [3.8, 4) is 5.75 Å². The van der Waals surface area contributed by atoms with Gasteiger partial charge in [-0.15, -0.1) is 0 Å². The minimum absolute atomic E-state index is 0.188. The van der Waals surface area contributed by atoms with Crippen molar-refractivity contribution in [2.24, 2.45) is 0 Å². The van der Waals surface area contributed by atoms with E-state index in [1.54, 1.807) is 12.1 Å². The zero-order valence-electron chi connectivity index (χ0n) is 9.26. The smallest absolute Gasteiger partial charge is 0.174 e. The Balaban J connectivity index is 2.05. The van der Waals surface area contributed by atoms with Gasteiger partial charge in [0.05, 0.1) is 12.3 Å². The summed E-state index contributed by atoms with van der Waals surface area (Å²) in [5.74, 6) is 0.448. The molecular formula is C12H12FNO3. The van der Waals surface area contributed by atoms with Crippen LogP contribution in [0.4, 0.5) is 4.39 Å². The van der Waals surface area contributed by atoms with Gasteiger partial charge in [0.25, 0.3) is 0 Å². The Hall–Kier alpha value is -1.88. The Bertz CT molecular complexity index is 483. The molecule has 1 aromatic carbocycles. The van der Waals surface area contributed by atoms with Crippen LogP contribution >= 0.6 is 0 Å². The molecule has 90 valence electrons. The predicted octanol–water partition coefficient (Wildman–Crippen LogP) is 2.45. The van der Waals surface area contributed by atoms with Crippen LogP contribution in [0.1, 0.15) is 24.4 Å². The molecule has 1 N–H and O–H groups in total. The molecule has 0 aliphatic heterocycles. The average Bonchev–Trinajstić information content (AvgIpc) is 2.78. The molecule has 0 bridgehead atoms. The van der Waals surface area contributed by atoms with Gasteiger partial charge < -0.3 is 14.4 Å². The number of halogens is 1. The summed E-state index contributed by atoms with van der Waals surface area (Å²) >= 11 is 0. The number of hydrogen-bond acceptors (Lipinski definition) is 4. The second kappa shape index (κ2) is 4.97. The van der Waals surface area contributed by atoms with Crippen LogP contribution in [-0.4, -0.2) is 10.3 Å². The van der Waals surface area contributed by atoms with Gasteiger partial charge in [-0.05, 0) is 19.1 Å². The van der Waals surface area contributed by atoms with Gasteiger partial charge in [-0.25, -0.2) is 4.39 Å². The molecule has 17 heavy (non-hydrogen) atoms. The van der Waals surface area contributed by atoms with Crippen LogP contribution in [0.25, 0.3) is 0 Å². The van der Waals surface area contributed by atoms with E-state index in [2.05, 4.69) is 5.16 Å². The van der Waals surface area contributed by atoms with E-state index in [0.29, 0.717) is 11.5 Å². The Labute approximate surface area is 97.6 Å². The standard InChI is InChI=1S/C12H12FNO3/c1-8(15)11-3-2-9(6-12(11)13)16-7-10-4-5-14-17-10/h2-6,8,15H,7H2,1H3/t8-/m0/s1. The highest BCUT2D eigenvalue weighted by molar-refractivity contribution is 5.30. The number of aliphatic hydroxyl groups excluding tert-OH is 1. The van der Waals surface area contributed by atoms with Crippen LogP contribution in [-0.2, 0) is 6.61 Å². The molecule has 0 aliphatic rings. The molecule has 0 fully saturated rings. The van der Waals surface area contributed by atoms with E-state index < -0.39 is 11.9 Å². The summed E-state index contributed by atoms with van der Waals surface area (Å²) in [6, 6.07) is 6.00. The first-order valence-corrected chi connectivity index (χ1v) is 5.16. The number of rotatable bonds is 4. The van der Waals surface area contributed by atoms with Crippen LogP contribution < -0.4 is 4.74 Å². The number of aliphatic hydroxyl groups is 1. The van der Waals surface area contributed by atoms with E-state index >= 15 is 0 Å². The summed E-state index contributed by atoms with van der Waals surface area (Å²) in [7, 11) is 0. The molecule has 0 saturated carbocycles. The summed E-state index contributed by atoms with van der Waals surface area (Å²) in [4.78, 5) is 0. The molecule has 0 amide bonds. The molecule has 1 heterocycles. The van der Waals surface area contributed by atoms with Crippen LogP contribution in [0, 0.1) is 5.82 Å². The quantitative estimate of drug-likeness (QED) is 0.887. The van der Waals surface area contributed by atoms with Crippen molar-refractivity contribution in [3.63, 3.8) is 0 Å². The number of nitrogens with zero attached hydrogens (tertiary/aromatic N) is 1. The second-order valence-corrected chi connectivity index (χ2v) is 3.63. The lowest BCUT2D eigenvalue weighted by Crippen LogP contribution is -1.98. The van der Waals surface area contributed by atoms with Crippen molar-refractivity contribution in [1.29, 1.82) is 0 Å². The SMILES string of the molecule is C[C@H](O)c1ccc(OCc2ccno2)cc1F. The maximum Gasteiger partial charge on any atom is 0.174 e. The molecule has 0 aliphatic carbocycles. The van der Waals surface area contributed by atoms with Gasteiger partial charge in [-0.1, -0.05) is 5.16 Å². The maximum atomic E-state index is 13.5. The van der Waals surface area contributed by atoms with Crippen LogP contribution in [0.15, 0.2) is 35.0 Å². The number of ether oxygens (including phenoxy) is 1. The predicted molar refractivity (Wildman–Crippen MR) is 57.9 cm³/mol. The Morgan fingerprint density at radius 2 is 2.29 bits per heavy atom. The molecule has 2 rings (SSSR count). The van der Waals surface area contributed by atoms with Crippen molar-refractivity contribution in [2.45, 2.75) is 19.6 Å². The Morgan fingerprint density at radius 3 is 2.88 bits per heavy atom. The normalized spacial score (nSPS) is 12.4. The van der Waals surface area contributed by atoms with Crippen molar-refractivity contribution in [2.75, 3.05) is 0 Å². The van der Waals surface area contributed by atoms with Crippen molar-refractivity contribution in [3.05, 3.63) is 47.6 Å². The highest BCUT2D eigenvalue weighted by Crippen LogP contribution is 2.22. The minimum atomic E-state index is -0.835. The lowest BCUT2D eigenvalue weighted by atomic mass is 10.1. The van der Waals surface area contributed by atoms with Gasteiger partial charge in [0.1, 0.15) is 18.2 Å². The minimum Gasteiger partial charge on any atom is -0.485 e. The maximum absolute atomic E-state index is 13.5. The molecule has 0 unspecified atom stereocenters. The highest BCUT2D eigenvalue weighted by Gasteiger charge is 2.09. The van der Waals surface area contributed by atoms with Gasteiger partial charge in [0.15, 0.2) is 5.76 Å². The van der Waals surface area contributed by atoms with Gasteiger partial charge in [-0.2, -0.15) is 0 Å². The summed E-state index contributed by atoms with van der Waals surface area (Å²) in [5, 5.41) is 12.8. The van der Waals surface area contributed by atoms with Crippen molar-refractivity contribution in [1.82, 2.24) is 5.16 Å². The molecule has 0 saturated heterocycles. The van der Waals surface area contributed by atoms with E-state index in [1.807, 2.05) is 0 Å². The first kappa shape index (κ1) is 11.6. The van der Waals surface area contributed by atoms with Gasteiger partial charge in [0, 0.05) is 17.7 Å². The van der Waals surface area contributed by atoms with Gasteiger partial charge in [0.2, 0.25) is 0 Å². The highest BCUT2D eigenvalue weighted by atomic mass is 19.1. The number of aromatic nitrogens is 1. The molecule has 1 atom stereocenters. The van der Waals surface area contributed by atoms with Crippen molar-refractivity contribution >= 4 is 0 Å². The van der Waals surface area contributed by atoms with Crippen LogP contribution in [0.2, 0.25) is 0 Å². The summed E-state index contributed by atoms with van der Waals surface area (Å²) < 4.78 is 23.6. The van der Waals surface area contributed by atoms with Gasteiger partial charge >= 0.3 is 0 Å². The molecule has 1 aromatic heterocycles. The third-order valence-electron chi connectivity index (χ3n) is 2.29. The third kappa shape index (κ3) is 2.82. The fourth-order valence-corrected chi connectivity index (χ4v) is 1.41. The van der Waals surface area contributed by atoms with Crippen molar-refractivity contribution < 1.29 is 18.8 Å². The number of benzene rings is 1. The van der Waals surface area contributed by atoms with Crippen LogP contribution in [0.3, 0.4) is 0 Å². The van der Waals surface area contributed by atoms with E-state index in [0.717, 1.165) is 0 Å². The van der Waals surface area contributed by atoms with E-state index in [-0.39, 0.29) is 12.2 Å². The fraction of sp³-hybridized carbons (Fsp3) is 0.250. The summed E-state index contributed by atoms with van der Waals surface area (Å²) in [6.07, 6.45) is 0.675. The first-order valence-electron chi connectivity index (χ1n) is 5.16. The average molecular weight is 237 g/mol. The second-order valence-electron chi connectivity index (χ2n) is 3.63. The first-order chi connectivity index (χ1) is 8.16. The summed E-state index contributed by atoms with van der Waals surface area (Å²) in [6.45, 7) is 1.70. The monoisotopic (exact) mass is 237 g/mol. The lowest BCUT2D eigenvalue weighted by molar-refractivity contribution is 0.193. The van der Waals surface area contributed by atoms with Gasteiger partial charge in [-0.3, -0.25) is 0 Å². The fourth-order valence-electron chi connectivity index (χ4n) is 1.41. The van der Waals surface area contributed by atoms with Crippen LogP contribution in [0.5, 0.6) is 5.75 Å². The topological polar surface area (TPSA) is 55.5 Å². The zero-order valence-corrected chi connectivity index (χ0v) is 9.26. The lowest BCUT2D eigenvalue weighted by Gasteiger charge is -2.08. The number of hydrogen-bond donors (Lipinski definition) is 1. The molecule has 0 radical (unpaired) electrons. The van der Waals surface area contributed by atoms with E-state index in [1.165, 1.54) is 25.3 Å². The Morgan fingerprint density at radius 1 is 1.47 bits per heavy atom. The van der Waals surface area contributed by atoms with E-state index in [9.17, 15) is 9.50 Å². The molecular weight excluding hydrogens is 225 g/mol. The Kier molecular flexibility index (Phi) is 3.39. The molecule has 4 nitrogen and oxygen atoms in total. The molecule has 5 heteroatoms.